The van der Waals surface area contributed by atoms with Crippen LogP contribution in [-0.4, -0.2) is 35.4 Å². The number of esters is 1. The van der Waals surface area contributed by atoms with Gasteiger partial charge in [0.25, 0.3) is 0 Å². The average molecular weight is 446 g/mol. The highest BCUT2D eigenvalue weighted by atomic mass is 32.2. The van der Waals surface area contributed by atoms with Gasteiger partial charge >= 0.3 is 12.6 Å². The van der Waals surface area contributed by atoms with Crippen molar-refractivity contribution in [3.63, 3.8) is 0 Å². The van der Waals surface area contributed by atoms with Gasteiger partial charge in [-0.05, 0) is 29.8 Å². The molecule has 0 amide bonds. The summed E-state index contributed by atoms with van der Waals surface area (Å²) in [6, 6.07) is 11.8. The maximum Gasteiger partial charge on any atom is 0.387 e. The van der Waals surface area contributed by atoms with E-state index in [1.807, 2.05) is 24.3 Å². The number of para-hydroxylation sites is 1. The normalized spacial score (nSPS) is 11.2. The third kappa shape index (κ3) is 4.69. The zero-order valence-corrected chi connectivity index (χ0v) is 17.0. The molecular formula is C21H16F2N2O5S. The maximum absolute atomic E-state index is 12.4. The SMILES string of the molecule is COc1cc(COC(=O)CSc2ncnc3c2oc2ccccc23)ccc1OC(F)F. The summed E-state index contributed by atoms with van der Waals surface area (Å²) in [6.07, 6.45) is 1.42. The van der Waals surface area contributed by atoms with Crippen LogP contribution in [0.1, 0.15) is 5.56 Å². The molecule has 0 N–H and O–H groups in total. The van der Waals surface area contributed by atoms with Crippen molar-refractivity contribution in [2.24, 2.45) is 0 Å². The van der Waals surface area contributed by atoms with Crippen molar-refractivity contribution in [3.8, 4) is 11.5 Å². The highest BCUT2D eigenvalue weighted by molar-refractivity contribution is 8.00. The number of nitrogens with zero attached hydrogens (tertiary/aromatic N) is 2. The van der Waals surface area contributed by atoms with E-state index in [0.717, 1.165) is 5.39 Å². The first-order valence-corrected chi connectivity index (χ1v) is 10.1. The second kappa shape index (κ2) is 9.17. The van der Waals surface area contributed by atoms with E-state index in [4.69, 9.17) is 13.9 Å². The van der Waals surface area contributed by atoms with Crippen LogP contribution in [0.3, 0.4) is 0 Å². The fourth-order valence-electron chi connectivity index (χ4n) is 2.93. The average Bonchev–Trinajstić information content (AvgIpc) is 3.16. The van der Waals surface area contributed by atoms with Crippen LogP contribution in [0.15, 0.2) is 58.2 Å². The van der Waals surface area contributed by atoms with Gasteiger partial charge in [0.15, 0.2) is 17.1 Å². The van der Waals surface area contributed by atoms with Crippen LogP contribution in [0.4, 0.5) is 8.78 Å². The Kier molecular flexibility index (Phi) is 6.17. The van der Waals surface area contributed by atoms with Crippen molar-refractivity contribution in [1.82, 2.24) is 9.97 Å². The zero-order chi connectivity index (χ0) is 21.8. The number of benzene rings is 2. The predicted octanol–water partition coefficient (Wildman–Crippen LogP) is 4.82. The predicted molar refractivity (Wildman–Crippen MR) is 109 cm³/mol. The lowest BCUT2D eigenvalue weighted by Gasteiger charge is -2.11. The lowest BCUT2D eigenvalue weighted by molar-refractivity contribution is -0.141. The van der Waals surface area contributed by atoms with Crippen LogP contribution in [0.25, 0.3) is 22.1 Å². The van der Waals surface area contributed by atoms with Crippen molar-refractivity contribution >= 4 is 39.8 Å². The minimum absolute atomic E-state index is 0.00682. The lowest BCUT2D eigenvalue weighted by atomic mass is 10.2. The molecule has 0 atom stereocenters. The van der Waals surface area contributed by atoms with Crippen molar-refractivity contribution in [1.29, 1.82) is 0 Å². The highest BCUT2D eigenvalue weighted by Gasteiger charge is 2.16. The highest BCUT2D eigenvalue weighted by Crippen LogP contribution is 2.33. The molecule has 2 aromatic heterocycles. The number of ether oxygens (including phenoxy) is 3. The molecule has 4 rings (SSSR count). The zero-order valence-electron chi connectivity index (χ0n) is 16.2. The molecule has 7 nitrogen and oxygen atoms in total. The number of aromatic nitrogens is 2. The number of fused-ring (bicyclic) bond motifs is 3. The van der Waals surface area contributed by atoms with Gasteiger partial charge in [0, 0.05) is 5.39 Å². The van der Waals surface area contributed by atoms with Crippen LogP contribution in [0.2, 0.25) is 0 Å². The summed E-state index contributed by atoms with van der Waals surface area (Å²) in [4.78, 5) is 20.7. The van der Waals surface area contributed by atoms with Gasteiger partial charge in [-0.15, -0.1) is 0 Å². The molecular weight excluding hydrogens is 430 g/mol. The molecule has 2 aromatic carbocycles. The molecule has 160 valence electrons. The fourth-order valence-corrected chi connectivity index (χ4v) is 3.66. The van der Waals surface area contributed by atoms with Crippen molar-refractivity contribution in [3.05, 3.63) is 54.4 Å². The third-order valence-corrected chi connectivity index (χ3v) is 5.24. The molecule has 0 aliphatic heterocycles. The van der Waals surface area contributed by atoms with Gasteiger partial charge in [-0.1, -0.05) is 30.0 Å². The minimum Gasteiger partial charge on any atom is -0.493 e. The van der Waals surface area contributed by atoms with Crippen LogP contribution >= 0.6 is 11.8 Å². The van der Waals surface area contributed by atoms with E-state index < -0.39 is 12.6 Å². The van der Waals surface area contributed by atoms with E-state index in [1.54, 1.807) is 0 Å². The van der Waals surface area contributed by atoms with Gasteiger partial charge in [-0.3, -0.25) is 4.79 Å². The van der Waals surface area contributed by atoms with E-state index in [-0.39, 0.29) is 23.9 Å². The van der Waals surface area contributed by atoms with Crippen LogP contribution in [0, 0.1) is 0 Å². The van der Waals surface area contributed by atoms with Crippen LogP contribution < -0.4 is 9.47 Å². The summed E-state index contributed by atoms with van der Waals surface area (Å²) in [5.74, 6) is -0.439. The van der Waals surface area contributed by atoms with Crippen molar-refractivity contribution in [2.75, 3.05) is 12.9 Å². The molecule has 0 bridgehead atoms. The quantitative estimate of drug-likeness (QED) is 0.216. The van der Waals surface area contributed by atoms with Crippen LogP contribution in [-0.2, 0) is 16.1 Å². The number of thioether (sulfide) groups is 1. The Balaban J connectivity index is 1.39. The summed E-state index contributed by atoms with van der Waals surface area (Å²) in [5, 5.41) is 1.41. The Labute approximate surface area is 179 Å². The fraction of sp³-hybridized carbons (Fsp3) is 0.190. The van der Waals surface area contributed by atoms with Gasteiger partial charge in [-0.2, -0.15) is 8.78 Å². The van der Waals surface area contributed by atoms with E-state index in [2.05, 4.69) is 14.7 Å². The number of hydrogen-bond donors (Lipinski definition) is 0. The van der Waals surface area contributed by atoms with Gasteiger partial charge in [0.1, 0.15) is 29.1 Å². The third-order valence-electron chi connectivity index (χ3n) is 4.30. The lowest BCUT2D eigenvalue weighted by Crippen LogP contribution is -2.08. The number of alkyl halides is 2. The largest absolute Gasteiger partial charge is 0.493 e. The molecule has 0 spiro atoms. The van der Waals surface area contributed by atoms with Gasteiger partial charge in [0.05, 0.1) is 12.9 Å². The monoisotopic (exact) mass is 446 g/mol. The molecule has 0 aliphatic rings. The first-order chi connectivity index (χ1) is 15.0. The van der Waals surface area contributed by atoms with Gasteiger partial charge < -0.3 is 18.6 Å². The summed E-state index contributed by atoms with van der Waals surface area (Å²) in [6.45, 7) is -3.01. The van der Waals surface area contributed by atoms with Crippen molar-refractivity contribution in [2.45, 2.75) is 18.2 Å². The van der Waals surface area contributed by atoms with Gasteiger partial charge in [-0.25, -0.2) is 9.97 Å². The van der Waals surface area contributed by atoms with Gasteiger partial charge in [0.2, 0.25) is 0 Å². The first-order valence-electron chi connectivity index (χ1n) is 9.07. The topological polar surface area (TPSA) is 83.7 Å². The molecule has 0 saturated heterocycles. The minimum atomic E-state index is -2.96. The van der Waals surface area contributed by atoms with E-state index >= 15 is 0 Å². The summed E-state index contributed by atoms with van der Waals surface area (Å²) in [5.41, 5.74) is 2.45. The number of halogens is 2. The molecule has 10 heteroatoms. The van der Waals surface area contributed by atoms with Crippen molar-refractivity contribution < 1.29 is 32.2 Å². The number of rotatable bonds is 8. The molecule has 0 saturated carbocycles. The number of carbonyl (C=O) groups excluding carboxylic acids is 1. The standard InChI is InChI=1S/C21H16F2N2O5S/c1-27-16-8-12(6-7-15(16)30-21(22)23)9-28-17(26)10-31-20-19-18(24-11-25-20)13-4-2-3-5-14(13)29-19/h2-8,11,21H,9-10H2,1H3. The first kappa shape index (κ1) is 20.9. The molecule has 2 heterocycles. The molecule has 31 heavy (non-hydrogen) atoms. The second-order valence-corrected chi connectivity index (χ2v) is 7.23. The van der Waals surface area contributed by atoms with Crippen LogP contribution in [0.5, 0.6) is 11.5 Å². The number of methoxy groups -OCH3 is 1. The number of furan rings is 1. The number of carbonyl (C=O) groups is 1. The van der Waals surface area contributed by atoms with E-state index in [1.165, 1.54) is 43.4 Å². The Morgan fingerprint density at radius 2 is 2.00 bits per heavy atom. The Morgan fingerprint density at radius 1 is 1.16 bits per heavy atom. The molecule has 0 radical (unpaired) electrons. The smallest absolute Gasteiger partial charge is 0.387 e. The molecule has 0 aliphatic carbocycles. The Morgan fingerprint density at radius 3 is 2.81 bits per heavy atom. The summed E-state index contributed by atoms with van der Waals surface area (Å²) < 4.78 is 45.3. The Bertz CT molecular complexity index is 1230. The van der Waals surface area contributed by atoms with E-state index in [0.29, 0.717) is 27.3 Å². The molecule has 0 fully saturated rings. The molecule has 0 unspecified atom stereocenters. The molecule has 4 aromatic rings. The maximum atomic E-state index is 12.4. The van der Waals surface area contributed by atoms with E-state index in [9.17, 15) is 13.6 Å². The summed E-state index contributed by atoms with van der Waals surface area (Å²) >= 11 is 1.18. The Hall–Kier alpha value is -3.40. The number of hydrogen-bond acceptors (Lipinski definition) is 8. The second-order valence-electron chi connectivity index (χ2n) is 6.27. The summed E-state index contributed by atoms with van der Waals surface area (Å²) in [7, 11) is 1.33.